The maximum absolute atomic E-state index is 12.9. The van der Waals surface area contributed by atoms with Gasteiger partial charge in [0.15, 0.2) is 0 Å². The molecule has 0 saturated carbocycles. The first-order chi connectivity index (χ1) is 13.5. The van der Waals surface area contributed by atoms with Crippen molar-refractivity contribution in [3.05, 3.63) is 47.4 Å². The number of benzene rings is 1. The average molecular weight is 383 g/mol. The van der Waals surface area contributed by atoms with Gasteiger partial charge in [0.25, 0.3) is 5.91 Å². The Morgan fingerprint density at radius 2 is 1.68 bits per heavy atom. The molecule has 8 heteroatoms. The molecule has 0 bridgehead atoms. The molecule has 0 spiro atoms. The molecule has 1 aliphatic rings. The molecule has 3 rings (SSSR count). The van der Waals surface area contributed by atoms with Gasteiger partial charge in [0.2, 0.25) is 0 Å². The lowest BCUT2D eigenvalue weighted by molar-refractivity contribution is 0.0565. The molecule has 0 radical (unpaired) electrons. The van der Waals surface area contributed by atoms with Gasteiger partial charge in [-0.1, -0.05) is 17.7 Å². The summed E-state index contributed by atoms with van der Waals surface area (Å²) in [6.07, 6.45) is -0.336. The lowest BCUT2D eigenvalue weighted by Gasteiger charge is -2.33. The average Bonchev–Trinajstić information content (AvgIpc) is 2.69. The van der Waals surface area contributed by atoms with Crippen LogP contribution in [0.5, 0.6) is 0 Å². The van der Waals surface area contributed by atoms with Crippen LogP contribution >= 0.6 is 0 Å². The molecule has 1 fully saturated rings. The van der Waals surface area contributed by atoms with Gasteiger partial charge in [-0.05, 0) is 32.9 Å². The highest BCUT2D eigenvalue weighted by Crippen LogP contribution is 2.17. The van der Waals surface area contributed by atoms with Crippen LogP contribution in [0.3, 0.4) is 0 Å². The van der Waals surface area contributed by atoms with Gasteiger partial charge in [-0.25, -0.2) is 14.8 Å². The minimum Gasteiger partial charge on any atom is -0.450 e. The van der Waals surface area contributed by atoms with Crippen LogP contribution in [-0.2, 0) is 4.74 Å². The van der Waals surface area contributed by atoms with Gasteiger partial charge in [-0.2, -0.15) is 0 Å². The maximum Gasteiger partial charge on any atom is 0.409 e. The van der Waals surface area contributed by atoms with Crippen LogP contribution in [0.1, 0.15) is 28.8 Å². The van der Waals surface area contributed by atoms with Crippen LogP contribution in [-0.4, -0.2) is 64.6 Å². The standard InChI is InChI=1S/C20H25N5O3/c1-4-28-20(27)25-11-9-24(10-12-25)19(26)17-13-18(22-15(3)21-17)23-16-7-5-14(2)6-8-16/h5-8,13H,4,9-12H2,1-3H3,(H,21,22,23). The van der Waals surface area contributed by atoms with Crippen molar-refractivity contribution in [2.24, 2.45) is 0 Å². The summed E-state index contributed by atoms with van der Waals surface area (Å²) in [6, 6.07) is 9.59. The van der Waals surface area contributed by atoms with Crippen molar-refractivity contribution in [2.75, 3.05) is 38.1 Å². The largest absolute Gasteiger partial charge is 0.450 e. The van der Waals surface area contributed by atoms with Gasteiger partial charge in [-0.3, -0.25) is 4.79 Å². The number of carbonyl (C=O) groups is 2. The van der Waals surface area contributed by atoms with E-state index in [1.54, 1.807) is 29.7 Å². The SMILES string of the molecule is CCOC(=O)N1CCN(C(=O)c2cc(Nc3ccc(C)cc3)nc(C)n2)CC1. The molecule has 1 aliphatic heterocycles. The molecule has 1 saturated heterocycles. The molecule has 0 aliphatic carbocycles. The molecular weight excluding hydrogens is 358 g/mol. The van der Waals surface area contributed by atoms with Gasteiger partial charge in [0.1, 0.15) is 17.3 Å². The minimum atomic E-state index is -0.336. The Bertz CT molecular complexity index is 845. The van der Waals surface area contributed by atoms with Crippen molar-refractivity contribution in [2.45, 2.75) is 20.8 Å². The van der Waals surface area contributed by atoms with Crippen LogP contribution in [0.25, 0.3) is 0 Å². The lowest BCUT2D eigenvalue weighted by atomic mass is 10.2. The summed E-state index contributed by atoms with van der Waals surface area (Å²) in [5, 5.41) is 3.21. The van der Waals surface area contributed by atoms with Crippen LogP contribution in [0, 0.1) is 13.8 Å². The van der Waals surface area contributed by atoms with Gasteiger partial charge in [0.05, 0.1) is 6.61 Å². The first-order valence-electron chi connectivity index (χ1n) is 9.36. The highest BCUT2D eigenvalue weighted by Gasteiger charge is 2.26. The molecule has 28 heavy (non-hydrogen) atoms. The lowest BCUT2D eigenvalue weighted by Crippen LogP contribution is -2.50. The quantitative estimate of drug-likeness (QED) is 0.873. The number of ether oxygens (including phenoxy) is 1. The Morgan fingerprint density at radius 3 is 2.32 bits per heavy atom. The zero-order valence-electron chi connectivity index (χ0n) is 16.4. The Balaban J connectivity index is 1.68. The number of hydrogen-bond donors (Lipinski definition) is 1. The number of hydrogen-bond acceptors (Lipinski definition) is 6. The normalized spacial score (nSPS) is 14.0. The Hall–Kier alpha value is -3.16. The monoisotopic (exact) mass is 383 g/mol. The number of amides is 2. The number of aryl methyl sites for hydroxylation is 2. The van der Waals surface area contributed by atoms with Crippen molar-refractivity contribution >= 4 is 23.5 Å². The highest BCUT2D eigenvalue weighted by atomic mass is 16.6. The van der Waals surface area contributed by atoms with Crippen molar-refractivity contribution in [3.8, 4) is 0 Å². The number of nitrogens with zero attached hydrogens (tertiary/aromatic N) is 4. The third kappa shape index (κ3) is 4.76. The molecule has 2 aromatic rings. The van der Waals surface area contributed by atoms with Crippen molar-refractivity contribution in [1.82, 2.24) is 19.8 Å². The van der Waals surface area contributed by atoms with E-state index in [0.717, 1.165) is 5.69 Å². The van der Waals surface area contributed by atoms with E-state index < -0.39 is 0 Å². The van der Waals surface area contributed by atoms with E-state index in [2.05, 4.69) is 15.3 Å². The first kappa shape index (κ1) is 19.6. The molecule has 2 heterocycles. The zero-order valence-corrected chi connectivity index (χ0v) is 16.4. The smallest absolute Gasteiger partial charge is 0.409 e. The summed E-state index contributed by atoms with van der Waals surface area (Å²) in [4.78, 5) is 36.7. The van der Waals surface area contributed by atoms with E-state index in [-0.39, 0.29) is 12.0 Å². The van der Waals surface area contributed by atoms with E-state index in [1.807, 2.05) is 31.2 Å². The number of nitrogens with one attached hydrogen (secondary N) is 1. The van der Waals surface area contributed by atoms with E-state index in [1.165, 1.54) is 5.56 Å². The second kappa shape index (κ2) is 8.69. The third-order valence-electron chi connectivity index (χ3n) is 4.47. The topological polar surface area (TPSA) is 87.7 Å². The second-order valence-corrected chi connectivity index (χ2v) is 6.65. The second-order valence-electron chi connectivity index (χ2n) is 6.65. The van der Waals surface area contributed by atoms with Gasteiger partial charge in [0, 0.05) is 37.9 Å². The predicted molar refractivity (Wildman–Crippen MR) is 106 cm³/mol. The molecule has 8 nitrogen and oxygen atoms in total. The first-order valence-corrected chi connectivity index (χ1v) is 9.36. The van der Waals surface area contributed by atoms with E-state index in [9.17, 15) is 9.59 Å². The van der Waals surface area contributed by atoms with Crippen molar-refractivity contribution < 1.29 is 14.3 Å². The van der Waals surface area contributed by atoms with Crippen LogP contribution in [0.15, 0.2) is 30.3 Å². The summed E-state index contributed by atoms with van der Waals surface area (Å²) < 4.78 is 5.01. The van der Waals surface area contributed by atoms with Crippen LogP contribution in [0.2, 0.25) is 0 Å². The summed E-state index contributed by atoms with van der Waals surface area (Å²) >= 11 is 0. The van der Waals surface area contributed by atoms with E-state index >= 15 is 0 Å². The fraction of sp³-hybridized carbons (Fsp3) is 0.400. The Morgan fingerprint density at radius 1 is 1.04 bits per heavy atom. The van der Waals surface area contributed by atoms with Gasteiger partial charge in [-0.15, -0.1) is 0 Å². The molecule has 0 atom stereocenters. The summed E-state index contributed by atoms with van der Waals surface area (Å²) in [6.45, 7) is 7.69. The molecule has 2 amide bonds. The highest BCUT2D eigenvalue weighted by molar-refractivity contribution is 5.93. The number of rotatable bonds is 4. The summed E-state index contributed by atoms with van der Waals surface area (Å²) in [5.74, 6) is 0.927. The third-order valence-corrected chi connectivity index (χ3v) is 4.47. The molecule has 0 unspecified atom stereocenters. The molecule has 1 aromatic carbocycles. The molecular formula is C20H25N5O3. The molecule has 148 valence electrons. The summed E-state index contributed by atoms with van der Waals surface area (Å²) in [7, 11) is 0. The van der Waals surface area contributed by atoms with Crippen LogP contribution in [0.4, 0.5) is 16.3 Å². The van der Waals surface area contributed by atoms with E-state index in [0.29, 0.717) is 50.1 Å². The van der Waals surface area contributed by atoms with Crippen LogP contribution < -0.4 is 5.32 Å². The number of piperazine rings is 1. The number of carbonyl (C=O) groups excluding carboxylic acids is 2. The van der Waals surface area contributed by atoms with Gasteiger partial charge >= 0.3 is 6.09 Å². The van der Waals surface area contributed by atoms with Gasteiger partial charge < -0.3 is 19.9 Å². The number of anilines is 2. The fourth-order valence-electron chi connectivity index (χ4n) is 2.99. The minimum absolute atomic E-state index is 0.166. The zero-order chi connectivity index (χ0) is 20.1. The maximum atomic E-state index is 12.9. The molecule has 1 N–H and O–H groups in total. The Labute approximate surface area is 164 Å². The molecule has 1 aromatic heterocycles. The van der Waals surface area contributed by atoms with Crippen molar-refractivity contribution in [1.29, 1.82) is 0 Å². The fourth-order valence-corrected chi connectivity index (χ4v) is 2.99. The Kier molecular flexibility index (Phi) is 6.08. The van der Waals surface area contributed by atoms with Crippen molar-refractivity contribution in [3.63, 3.8) is 0 Å². The summed E-state index contributed by atoms with van der Waals surface area (Å²) in [5.41, 5.74) is 2.40. The number of aromatic nitrogens is 2. The predicted octanol–water partition coefficient (Wildman–Crippen LogP) is 2.75. The van der Waals surface area contributed by atoms with E-state index in [4.69, 9.17) is 4.74 Å².